The van der Waals surface area contributed by atoms with Crippen molar-refractivity contribution in [1.82, 2.24) is 14.6 Å². The molecule has 0 radical (unpaired) electrons. The fourth-order valence-corrected chi connectivity index (χ4v) is 3.16. The van der Waals surface area contributed by atoms with Crippen LogP contribution in [0.2, 0.25) is 0 Å². The van der Waals surface area contributed by atoms with Crippen LogP contribution in [-0.2, 0) is 0 Å². The van der Waals surface area contributed by atoms with Gasteiger partial charge in [0.25, 0.3) is 0 Å². The first-order valence-corrected chi connectivity index (χ1v) is 9.72. The zero-order valence-corrected chi connectivity index (χ0v) is 15.5. The molecule has 3 aromatic heterocycles. The van der Waals surface area contributed by atoms with Crippen LogP contribution >= 0.6 is 11.8 Å². The average molecular weight is 369 g/mol. The standard InChI is InChI=1S/C19H19N3O3S/c1-23-14-4-5-16-13(10-14)11-17(25-16)15-12-20-18-6-7-19(21-22(15)18)24-8-3-9-26-2/h4-7,10-12H,3,8-9H2,1-2H3. The number of fused-ring (bicyclic) bond motifs is 2. The van der Waals surface area contributed by atoms with E-state index in [4.69, 9.17) is 13.9 Å². The van der Waals surface area contributed by atoms with Crippen molar-refractivity contribution in [3.63, 3.8) is 0 Å². The van der Waals surface area contributed by atoms with Crippen LogP contribution in [0.5, 0.6) is 11.6 Å². The lowest BCUT2D eigenvalue weighted by Crippen LogP contribution is -2.03. The molecule has 0 unspecified atom stereocenters. The Balaban J connectivity index is 1.67. The summed E-state index contributed by atoms with van der Waals surface area (Å²) in [6.07, 6.45) is 4.84. The minimum absolute atomic E-state index is 0.579. The third-order valence-electron chi connectivity index (χ3n) is 4.06. The number of hydrogen-bond acceptors (Lipinski definition) is 6. The Hall–Kier alpha value is -2.67. The first-order valence-electron chi connectivity index (χ1n) is 8.33. The minimum Gasteiger partial charge on any atom is -0.497 e. The summed E-state index contributed by atoms with van der Waals surface area (Å²) in [5.74, 6) is 3.14. The second-order valence-electron chi connectivity index (χ2n) is 5.79. The fourth-order valence-electron chi connectivity index (χ4n) is 2.76. The van der Waals surface area contributed by atoms with E-state index in [2.05, 4.69) is 16.3 Å². The largest absolute Gasteiger partial charge is 0.497 e. The van der Waals surface area contributed by atoms with E-state index in [1.54, 1.807) is 17.8 Å². The highest BCUT2D eigenvalue weighted by Gasteiger charge is 2.13. The summed E-state index contributed by atoms with van der Waals surface area (Å²) < 4.78 is 18.7. The van der Waals surface area contributed by atoms with Crippen LogP contribution in [-0.4, -0.2) is 40.3 Å². The van der Waals surface area contributed by atoms with E-state index in [0.29, 0.717) is 18.2 Å². The second-order valence-corrected chi connectivity index (χ2v) is 6.78. The van der Waals surface area contributed by atoms with Crippen LogP contribution in [0.3, 0.4) is 0 Å². The first-order chi connectivity index (χ1) is 12.8. The van der Waals surface area contributed by atoms with Gasteiger partial charge in [0, 0.05) is 11.5 Å². The Morgan fingerprint density at radius 1 is 1.19 bits per heavy atom. The van der Waals surface area contributed by atoms with Gasteiger partial charge in [0.05, 0.1) is 19.9 Å². The molecule has 0 amide bonds. The molecule has 0 saturated carbocycles. The minimum atomic E-state index is 0.579. The van der Waals surface area contributed by atoms with E-state index < -0.39 is 0 Å². The van der Waals surface area contributed by atoms with Crippen molar-refractivity contribution in [2.45, 2.75) is 6.42 Å². The van der Waals surface area contributed by atoms with Gasteiger partial charge < -0.3 is 13.9 Å². The van der Waals surface area contributed by atoms with Crippen LogP contribution in [0, 0.1) is 0 Å². The molecular formula is C19H19N3O3S. The van der Waals surface area contributed by atoms with Gasteiger partial charge in [-0.1, -0.05) is 0 Å². The molecule has 1 aromatic carbocycles. The van der Waals surface area contributed by atoms with Crippen molar-refractivity contribution >= 4 is 28.4 Å². The van der Waals surface area contributed by atoms with Crippen molar-refractivity contribution < 1.29 is 13.9 Å². The molecule has 0 atom stereocenters. The topological polar surface area (TPSA) is 61.8 Å². The highest BCUT2D eigenvalue weighted by atomic mass is 32.2. The molecule has 0 saturated heterocycles. The maximum atomic E-state index is 5.97. The monoisotopic (exact) mass is 369 g/mol. The number of methoxy groups -OCH3 is 1. The molecular weight excluding hydrogens is 350 g/mol. The Kier molecular flexibility index (Phi) is 4.71. The van der Waals surface area contributed by atoms with Gasteiger partial charge >= 0.3 is 0 Å². The Labute approximate surface area is 155 Å². The lowest BCUT2D eigenvalue weighted by molar-refractivity contribution is 0.302. The van der Waals surface area contributed by atoms with Crippen molar-refractivity contribution in [3.05, 3.63) is 42.6 Å². The van der Waals surface area contributed by atoms with Crippen LogP contribution in [0.25, 0.3) is 28.1 Å². The SMILES string of the molecule is COc1ccc2oc(-c3cnc4ccc(OCCCSC)nn34)cc2c1. The second kappa shape index (κ2) is 7.29. The number of thioether (sulfide) groups is 1. The van der Waals surface area contributed by atoms with Gasteiger partial charge in [0.2, 0.25) is 5.88 Å². The lowest BCUT2D eigenvalue weighted by Gasteiger charge is -2.05. The molecule has 0 N–H and O–H groups in total. The Morgan fingerprint density at radius 2 is 2.12 bits per heavy atom. The lowest BCUT2D eigenvalue weighted by atomic mass is 10.2. The molecule has 0 fully saturated rings. The van der Waals surface area contributed by atoms with E-state index in [1.165, 1.54) is 0 Å². The summed E-state index contributed by atoms with van der Waals surface area (Å²) in [6, 6.07) is 11.4. The smallest absolute Gasteiger partial charge is 0.231 e. The van der Waals surface area contributed by atoms with E-state index in [-0.39, 0.29) is 0 Å². The molecule has 26 heavy (non-hydrogen) atoms. The predicted octanol–water partition coefficient (Wildman–Crippen LogP) is 4.28. The van der Waals surface area contributed by atoms with Gasteiger partial charge in [-0.05, 0) is 48.8 Å². The van der Waals surface area contributed by atoms with Crippen LogP contribution in [0.15, 0.2) is 47.0 Å². The molecule has 4 aromatic rings. The molecule has 0 aliphatic carbocycles. The van der Waals surface area contributed by atoms with Crippen molar-refractivity contribution in [2.24, 2.45) is 0 Å². The van der Waals surface area contributed by atoms with Crippen LogP contribution in [0.4, 0.5) is 0 Å². The number of imidazole rings is 1. The van der Waals surface area contributed by atoms with Gasteiger partial charge in [0.15, 0.2) is 11.4 Å². The molecule has 6 nitrogen and oxygen atoms in total. The maximum absolute atomic E-state index is 5.97. The summed E-state index contributed by atoms with van der Waals surface area (Å²) in [7, 11) is 1.65. The third kappa shape index (κ3) is 3.22. The van der Waals surface area contributed by atoms with E-state index >= 15 is 0 Å². The summed E-state index contributed by atoms with van der Waals surface area (Å²) in [4.78, 5) is 4.41. The van der Waals surface area contributed by atoms with Gasteiger partial charge in [-0.25, -0.2) is 9.50 Å². The van der Waals surface area contributed by atoms with Gasteiger partial charge in [0.1, 0.15) is 17.0 Å². The first kappa shape index (κ1) is 16.8. The number of nitrogens with zero attached hydrogens (tertiary/aromatic N) is 3. The van der Waals surface area contributed by atoms with E-state index in [1.807, 2.05) is 48.2 Å². The van der Waals surface area contributed by atoms with E-state index in [9.17, 15) is 0 Å². The molecule has 3 heterocycles. The van der Waals surface area contributed by atoms with Crippen molar-refractivity contribution in [3.8, 4) is 23.1 Å². The van der Waals surface area contributed by atoms with Gasteiger partial charge in [-0.3, -0.25) is 0 Å². The summed E-state index contributed by atoms with van der Waals surface area (Å²) in [5, 5.41) is 5.52. The number of aromatic nitrogens is 3. The average Bonchev–Trinajstić information content (AvgIpc) is 3.27. The third-order valence-corrected chi connectivity index (χ3v) is 4.75. The zero-order chi connectivity index (χ0) is 17.9. The molecule has 134 valence electrons. The highest BCUT2D eigenvalue weighted by Crippen LogP contribution is 2.30. The number of hydrogen-bond donors (Lipinski definition) is 0. The molecule has 4 rings (SSSR count). The maximum Gasteiger partial charge on any atom is 0.231 e. The van der Waals surface area contributed by atoms with Crippen molar-refractivity contribution in [1.29, 1.82) is 0 Å². The number of rotatable bonds is 7. The Bertz CT molecular complexity index is 1040. The molecule has 0 bridgehead atoms. The fraction of sp³-hybridized carbons (Fsp3) is 0.263. The van der Waals surface area contributed by atoms with Crippen molar-refractivity contribution in [2.75, 3.05) is 25.7 Å². The van der Waals surface area contributed by atoms with Crippen LogP contribution in [0.1, 0.15) is 6.42 Å². The normalized spacial score (nSPS) is 11.3. The number of benzene rings is 1. The number of furan rings is 1. The highest BCUT2D eigenvalue weighted by molar-refractivity contribution is 7.98. The molecule has 0 aliphatic heterocycles. The summed E-state index contributed by atoms with van der Waals surface area (Å²) >= 11 is 1.81. The Morgan fingerprint density at radius 3 is 2.96 bits per heavy atom. The predicted molar refractivity (Wildman–Crippen MR) is 103 cm³/mol. The molecule has 7 heteroatoms. The molecule has 0 spiro atoms. The van der Waals surface area contributed by atoms with Gasteiger partial charge in [-0.15, -0.1) is 5.10 Å². The molecule has 0 aliphatic rings. The van der Waals surface area contributed by atoms with E-state index in [0.717, 1.165) is 40.2 Å². The van der Waals surface area contributed by atoms with Gasteiger partial charge in [-0.2, -0.15) is 11.8 Å². The quantitative estimate of drug-likeness (QED) is 0.453. The zero-order valence-electron chi connectivity index (χ0n) is 14.6. The number of ether oxygens (including phenoxy) is 2. The summed E-state index contributed by atoms with van der Waals surface area (Å²) in [5.41, 5.74) is 2.32. The summed E-state index contributed by atoms with van der Waals surface area (Å²) in [6.45, 7) is 0.647. The van der Waals surface area contributed by atoms with Crippen LogP contribution < -0.4 is 9.47 Å².